The Bertz CT molecular complexity index is 1660. The number of ether oxygens (including phenoxy) is 2. The van der Waals surface area contributed by atoms with Crippen molar-refractivity contribution in [3.8, 4) is 11.5 Å². The van der Waals surface area contributed by atoms with E-state index in [1.54, 1.807) is 36.4 Å². The summed E-state index contributed by atoms with van der Waals surface area (Å²) in [6.45, 7) is 6.75. The van der Waals surface area contributed by atoms with E-state index in [0.29, 0.717) is 57.6 Å². The van der Waals surface area contributed by atoms with Gasteiger partial charge in [0.2, 0.25) is 11.8 Å². The number of alkyl halides is 1. The number of halogens is 5. The number of fused-ring (bicyclic) bond motifs is 2. The number of hydrogen-bond donors (Lipinski definition) is 2. The molecule has 0 aliphatic carbocycles. The van der Waals surface area contributed by atoms with Crippen molar-refractivity contribution in [2.24, 2.45) is 5.92 Å². The fourth-order valence-corrected chi connectivity index (χ4v) is 5.70. The number of aryl methyl sites for hydroxylation is 1. The molecule has 4 aromatic rings. The number of benzene rings is 4. The predicted molar refractivity (Wildman–Crippen MR) is 208 cm³/mol. The van der Waals surface area contributed by atoms with Crippen LogP contribution < -0.4 is 39.0 Å². The summed E-state index contributed by atoms with van der Waals surface area (Å²) in [5, 5.41) is 8.75. The van der Waals surface area contributed by atoms with E-state index in [1.165, 1.54) is 12.0 Å². The molecular formula is C38H40BrCl4LiN2O4. The van der Waals surface area contributed by atoms with Crippen LogP contribution in [0.2, 0.25) is 20.1 Å². The van der Waals surface area contributed by atoms with Crippen molar-refractivity contribution in [1.29, 1.82) is 0 Å². The van der Waals surface area contributed by atoms with E-state index in [9.17, 15) is 9.59 Å². The molecule has 1 unspecified atom stereocenters. The summed E-state index contributed by atoms with van der Waals surface area (Å²) >= 11 is 26.7. The quantitative estimate of drug-likeness (QED) is 0.106. The van der Waals surface area contributed by atoms with E-state index in [4.69, 9.17) is 55.9 Å². The Morgan fingerprint density at radius 2 is 1.28 bits per heavy atom. The van der Waals surface area contributed by atoms with Crippen LogP contribution in [0.3, 0.4) is 0 Å². The Balaban J connectivity index is 0.000000263. The molecule has 1 atom stereocenters. The SMILES string of the molecule is Clc1ccc(OCCBr)c(Cl)c1.O=C1CCc2ccccc2N1.O=C1Nc2ccccc2CC1CCOc1ccc(Cl)cc1Cl.[CH2-]CCC.[Li+]. The normalized spacial score (nSPS) is 13.8. The molecule has 12 heteroatoms. The minimum Gasteiger partial charge on any atom is -0.492 e. The number of rotatable bonds is 8. The van der Waals surface area contributed by atoms with Crippen molar-refractivity contribution in [3.05, 3.63) is 123 Å². The number of hydrogen-bond acceptors (Lipinski definition) is 4. The molecule has 2 aliphatic heterocycles. The smallest absolute Gasteiger partial charge is 0.492 e. The van der Waals surface area contributed by atoms with Crippen LogP contribution in [0.25, 0.3) is 0 Å². The third-order valence-corrected chi connectivity index (χ3v) is 8.61. The fourth-order valence-electron chi connectivity index (χ4n) is 4.61. The van der Waals surface area contributed by atoms with Gasteiger partial charge < -0.3 is 27.0 Å². The molecule has 0 aromatic heterocycles. The molecule has 0 saturated heterocycles. The second-order valence-corrected chi connectivity index (χ2v) is 13.4. The van der Waals surface area contributed by atoms with Gasteiger partial charge in [-0.2, -0.15) is 6.42 Å². The molecule has 6 rings (SSSR count). The van der Waals surface area contributed by atoms with Gasteiger partial charge in [-0.15, -0.1) is 0 Å². The van der Waals surface area contributed by atoms with Gasteiger partial charge in [0.25, 0.3) is 0 Å². The summed E-state index contributed by atoms with van der Waals surface area (Å²) in [6, 6.07) is 26.1. The molecule has 0 radical (unpaired) electrons. The zero-order valence-electron chi connectivity index (χ0n) is 28.3. The van der Waals surface area contributed by atoms with Gasteiger partial charge in [0.15, 0.2) is 0 Å². The van der Waals surface area contributed by atoms with Gasteiger partial charge in [0.1, 0.15) is 11.5 Å². The number of para-hydroxylation sites is 2. The van der Waals surface area contributed by atoms with E-state index in [2.05, 4.69) is 46.5 Å². The largest absolute Gasteiger partial charge is 1.00 e. The second-order valence-electron chi connectivity index (χ2n) is 10.9. The summed E-state index contributed by atoms with van der Waals surface area (Å²) in [5.41, 5.74) is 4.29. The van der Waals surface area contributed by atoms with Crippen molar-refractivity contribution < 1.29 is 37.9 Å². The molecule has 2 heterocycles. The zero-order chi connectivity index (χ0) is 35.6. The third-order valence-electron chi connectivity index (χ3n) is 7.23. The number of anilines is 2. The third kappa shape index (κ3) is 15.1. The molecule has 4 aromatic carbocycles. The van der Waals surface area contributed by atoms with Gasteiger partial charge >= 0.3 is 18.9 Å². The van der Waals surface area contributed by atoms with Gasteiger partial charge in [-0.05, 0) is 78.9 Å². The van der Waals surface area contributed by atoms with Gasteiger partial charge in [-0.1, -0.05) is 112 Å². The molecule has 0 bridgehead atoms. The van der Waals surface area contributed by atoms with E-state index in [0.717, 1.165) is 41.5 Å². The molecule has 2 aliphatic rings. The summed E-state index contributed by atoms with van der Waals surface area (Å²) in [7, 11) is 0. The van der Waals surface area contributed by atoms with Crippen molar-refractivity contribution in [2.75, 3.05) is 29.2 Å². The van der Waals surface area contributed by atoms with Crippen LogP contribution >= 0.6 is 62.3 Å². The Morgan fingerprint density at radius 1 is 0.760 bits per heavy atom. The van der Waals surface area contributed by atoms with E-state index in [1.807, 2.05) is 42.5 Å². The first-order chi connectivity index (χ1) is 23.6. The summed E-state index contributed by atoms with van der Waals surface area (Å²) in [6.07, 6.45) is 5.15. The first-order valence-electron chi connectivity index (χ1n) is 15.9. The van der Waals surface area contributed by atoms with E-state index >= 15 is 0 Å². The number of carbonyl (C=O) groups is 2. The molecule has 50 heavy (non-hydrogen) atoms. The molecule has 262 valence electrons. The summed E-state index contributed by atoms with van der Waals surface area (Å²) in [5.74, 6) is 1.34. The Hall–Kier alpha value is -2.34. The van der Waals surface area contributed by atoms with Crippen molar-refractivity contribution in [1.82, 2.24) is 0 Å². The molecule has 6 nitrogen and oxygen atoms in total. The van der Waals surface area contributed by atoms with Crippen LogP contribution in [0.4, 0.5) is 11.4 Å². The summed E-state index contributed by atoms with van der Waals surface area (Å²) < 4.78 is 11.0. The van der Waals surface area contributed by atoms with Crippen LogP contribution in [0.15, 0.2) is 84.9 Å². The maximum atomic E-state index is 12.1. The monoisotopic (exact) mass is 814 g/mol. The maximum absolute atomic E-state index is 12.1. The van der Waals surface area contributed by atoms with E-state index < -0.39 is 0 Å². The minimum atomic E-state index is -0.0824. The van der Waals surface area contributed by atoms with Crippen molar-refractivity contribution in [2.45, 2.75) is 45.4 Å². The van der Waals surface area contributed by atoms with Gasteiger partial charge in [-0.3, -0.25) is 9.59 Å². The van der Waals surface area contributed by atoms with Crippen LogP contribution in [-0.4, -0.2) is 30.4 Å². The second kappa shape index (κ2) is 24.0. The Labute approximate surface area is 336 Å². The first-order valence-corrected chi connectivity index (χ1v) is 18.6. The number of amides is 2. The van der Waals surface area contributed by atoms with Gasteiger partial charge in [0, 0.05) is 39.1 Å². The maximum Gasteiger partial charge on any atom is 1.00 e. The average molecular weight is 817 g/mol. The minimum absolute atomic E-state index is 0. The Morgan fingerprint density at radius 3 is 1.82 bits per heavy atom. The number of carbonyl (C=O) groups excluding carboxylic acids is 2. The first kappa shape index (κ1) is 43.8. The molecule has 0 saturated carbocycles. The standard InChI is InChI=1S/C17H15Cl2NO2.C9H9NO.C8H7BrCl2O.C4H9.Li/c18-13-5-6-16(14(19)10-13)22-8-7-12-9-11-3-1-2-4-15(11)20-17(12)21;11-9-6-5-7-3-1-2-4-8(7)10-9;9-3-4-12-8-2-1-6(10)5-7(8)11;1-3-4-2;/h1-6,10,12H,7-9H2,(H,20,21);1-4H,5-6H2,(H,10,11);1-2,5H,3-4H2;1,3-4H2,2H3;/q;;;-1;+1. The molecule has 2 N–H and O–H groups in total. The molecule has 2 amide bonds. The molecular weight excluding hydrogens is 777 g/mol. The topological polar surface area (TPSA) is 76.7 Å². The number of unbranched alkanes of at least 4 members (excludes halogenated alkanes) is 1. The van der Waals surface area contributed by atoms with E-state index in [-0.39, 0.29) is 36.6 Å². The van der Waals surface area contributed by atoms with Crippen molar-refractivity contribution >= 4 is 85.5 Å². The average Bonchev–Trinajstić information content (AvgIpc) is 3.09. The zero-order valence-corrected chi connectivity index (χ0v) is 32.9. The predicted octanol–water partition coefficient (Wildman–Crippen LogP) is 8.54. The van der Waals surface area contributed by atoms with Crippen LogP contribution in [0.5, 0.6) is 11.5 Å². The molecule has 0 spiro atoms. The summed E-state index contributed by atoms with van der Waals surface area (Å²) in [4.78, 5) is 23.0. The molecule has 0 fully saturated rings. The fraction of sp³-hybridized carbons (Fsp3) is 0.289. The number of nitrogens with one attached hydrogen (secondary N) is 2. The van der Waals surface area contributed by atoms with Crippen LogP contribution in [-0.2, 0) is 22.4 Å². The van der Waals surface area contributed by atoms with Gasteiger partial charge in [0.05, 0.1) is 23.3 Å². The Kier molecular flexibility index (Phi) is 21.0. The van der Waals surface area contributed by atoms with Crippen LogP contribution in [0.1, 0.15) is 43.7 Å². The van der Waals surface area contributed by atoms with Gasteiger partial charge in [-0.25, -0.2) is 0 Å². The van der Waals surface area contributed by atoms with Crippen LogP contribution in [0, 0.1) is 12.8 Å². The van der Waals surface area contributed by atoms with Crippen molar-refractivity contribution in [3.63, 3.8) is 0 Å².